The second-order valence-corrected chi connectivity index (χ2v) is 9.23. The molecule has 0 aliphatic carbocycles. The molecule has 1 aromatic rings. The molecule has 0 spiro atoms. The lowest BCUT2D eigenvalue weighted by molar-refractivity contribution is 0.0737. The molecule has 0 bridgehead atoms. The summed E-state index contributed by atoms with van der Waals surface area (Å²) in [6.45, 7) is 4.08. The van der Waals surface area contributed by atoms with E-state index in [1.165, 1.54) is 0 Å². The fourth-order valence-electron chi connectivity index (χ4n) is 4.05. The van der Waals surface area contributed by atoms with Gasteiger partial charge in [0, 0.05) is 37.3 Å². The molecular weight excluding hydrogens is 386 g/mol. The number of sulfonamides is 1. The lowest BCUT2D eigenvalue weighted by atomic mass is 10.1. The fraction of sp³-hybridized carbons (Fsp3) is 0.632. The number of carbonyl (C=O) groups excluding carboxylic acids is 1. The SMILES string of the molecule is CNCC1CCCN1C(=O)c1ccc(S(=O)(=O)N2CCCCC2C)cc1.Cl. The number of amides is 1. The zero-order valence-electron chi connectivity index (χ0n) is 16.1. The number of nitrogens with one attached hydrogen (secondary N) is 1. The number of hydrogen-bond acceptors (Lipinski definition) is 4. The highest BCUT2D eigenvalue weighted by Gasteiger charge is 2.32. The second-order valence-electron chi connectivity index (χ2n) is 7.34. The van der Waals surface area contributed by atoms with Gasteiger partial charge in [-0.25, -0.2) is 8.42 Å². The maximum atomic E-state index is 12.9. The summed E-state index contributed by atoms with van der Waals surface area (Å²) in [6.07, 6.45) is 4.90. The Morgan fingerprint density at radius 1 is 1.11 bits per heavy atom. The van der Waals surface area contributed by atoms with Gasteiger partial charge in [-0.1, -0.05) is 6.42 Å². The van der Waals surface area contributed by atoms with Crippen LogP contribution < -0.4 is 5.32 Å². The predicted molar refractivity (Wildman–Crippen MR) is 109 cm³/mol. The standard InChI is InChI=1S/C19H29N3O3S.ClH/c1-15-6-3-4-13-22(15)26(24,25)18-10-8-16(9-11-18)19(23)21-12-5-7-17(21)14-20-2;/h8-11,15,17,20H,3-7,12-14H2,1-2H3;1H. The molecule has 0 radical (unpaired) electrons. The van der Waals surface area contributed by atoms with Crippen LogP contribution in [0.1, 0.15) is 49.4 Å². The summed E-state index contributed by atoms with van der Waals surface area (Å²) < 4.78 is 27.4. The average Bonchev–Trinajstić information content (AvgIpc) is 3.10. The minimum atomic E-state index is -3.49. The van der Waals surface area contributed by atoms with Gasteiger partial charge in [-0.2, -0.15) is 4.31 Å². The smallest absolute Gasteiger partial charge is 0.254 e. The van der Waals surface area contributed by atoms with E-state index >= 15 is 0 Å². The maximum absolute atomic E-state index is 12.9. The van der Waals surface area contributed by atoms with Crippen molar-refractivity contribution in [2.45, 2.75) is 56.0 Å². The van der Waals surface area contributed by atoms with Gasteiger partial charge in [0.1, 0.15) is 0 Å². The van der Waals surface area contributed by atoms with Crippen LogP contribution >= 0.6 is 12.4 Å². The molecule has 1 N–H and O–H groups in total. The van der Waals surface area contributed by atoms with E-state index in [-0.39, 0.29) is 35.3 Å². The van der Waals surface area contributed by atoms with E-state index in [1.807, 2.05) is 18.9 Å². The topological polar surface area (TPSA) is 69.7 Å². The Morgan fingerprint density at radius 2 is 1.81 bits per heavy atom. The third-order valence-electron chi connectivity index (χ3n) is 5.53. The number of hydrogen-bond donors (Lipinski definition) is 1. The summed E-state index contributed by atoms with van der Waals surface area (Å²) >= 11 is 0. The molecule has 0 saturated carbocycles. The zero-order valence-corrected chi connectivity index (χ0v) is 17.7. The van der Waals surface area contributed by atoms with Crippen molar-refractivity contribution in [3.63, 3.8) is 0 Å². The van der Waals surface area contributed by atoms with Crippen LogP contribution in [0.4, 0.5) is 0 Å². The number of benzene rings is 1. The third kappa shape index (κ3) is 4.65. The van der Waals surface area contributed by atoms with E-state index in [0.717, 1.165) is 45.2 Å². The molecule has 2 atom stereocenters. The van der Waals surface area contributed by atoms with E-state index in [1.54, 1.807) is 28.6 Å². The zero-order chi connectivity index (χ0) is 18.7. The maximum Gasteiger partial charge on any atom is 0.254 e. The van der Waals surface area contributed by atoms with Gasteiger partial charge in [-0.05, 0) is 63.9 Å². The van der Waals surface area contributed by atoms with Crippen molar-refractivity contribution < 1.29 is 13.2 Å². The van der Waals surface area contributed by atoms with Crippen molar-refractivity contribution in [2.75, 3.05) is 26.7 Å². The quantitative estimate of drug-likeness (QED) is 0.802. The van der Waals surface area contributed by atoms with Crippen LogP contribution in [0.5, 0.6) is 0 Å². The largest absolute Gasteiger partial charge is 0.334 e. The van der Waals surface area contributed by atoms with Gasteiger partial charge >= 0.3 is 0 Å². The summed E-state index contributed by atoms with van der Waals surface area (Å²) in [4.78, 5) is 15.0. The Morgan fingerprint density at radius 3 is 2.44 bits per heavy atom. The van der Waals surface area contributed by atoms with Crippen LogP contribution in [0.25, 0.3) is 0 Å². The Kier molecular flexibility index (Phi) is 7.68. The molecule has 27 heavy (non-hydrogen) atoms. The Hall–Kier alpha value is -1.15. The predicted octanol–water partition coefficient (Wildman–Crippen LogP) is 2.50. The van der Waals surface area contributed by atoms with Gasteiger partial charge < -0.3 is 10.2 Å². The normalized spacial score (nSPS) is 23.9. The summed E-state index contributed by atoms with van der Waals surface area (Å²) in [5, 5.41) is 3.14. The number of rotatable bonds is 5. The molecule has 2 unspecified atom stereocenters. The molecule has 3 rings (SSSR count). The van der Waals surface area contributed by atoms with Crippen LogP contribution in [-0.4, -0.2) is 62.3 Å². The highest BCUT2D eigenvalue weighted by Crippen LogP contribution is 2.26. The molecule has 2 fully saturated rings. The van der Waals surface area contributed by atoms with Crippen LogP contribution in [-0.2, 0) is 10.0 Å². The number of carbonyl (C=O) groups is 1. The Bertz CT molecular complexity index is 739. The first-order valence-electron chi connectivity index (χ1n) is 9.52. The van der Waals surface area contributed by atoms with Crippen molar-refractivity contribution in [2.24, 2.45) is 0 Å². The van der Waals surface area contributed by atoms with Gasteiger partial charge in [0.05, 0.1) is 4.90 Å². The van der Waals surface area contributed by atoms with E-state index in [9.17, 15) is 13.2 Å². The summed E-state index contributed by atoms with van der Waals surface area (Å²) in [5.74, 6) is -0.0157. The lowest BCUT2D eigenvalue weighted by Gasteiger charge is -2.32. The molecule has 2 aliphatic rings. The van der Waals surface area contributed by atoms with Gasteiger partial charge in [-0.15, -0.1) is 12.4 Å². The Balaban J connectivity index is 0.00000261. The first-order chi connectivity index (χ1) is 12.4. The molecule has 152 valence electrons. The van der Waals surface area contributed by atoms with E-state index in [2.05, 4.69) is 5.32 Å². The molecule has 1 aromatic carbocycles. The van der Waals surface area contributed by atoms with Crippen LogP contribution in [0, 0.1) is 0 Å². The number of piperidine rings is 1. The van der Waals surface area contributed by atoms with Gasteiger partial charge in [0.15, 0.2) is 0 Å². The highest BCUT2D eigenvalue weighted by molar-refractivity contribution is 7.89. The van der Waals surface area contributed by atoms with Crippen molar-refractivity contribution in [3.8, 4) is 0 Å². The molecule has 2 aliphatic heterocycles. The first kappa shape index (κ1) is 22.1. The minimum Gasteiger partial charge on any atom is -0.334 e. The van der Waals surface area contributed by atoms with Gasteiger partial charge in [0.2, 0.25) is 10.0 Å². The molecule has 2 saturated heterocycles. The van der Waals surface area contributed by atoms with Crippen molar-refractivity contribution in [1.82, 2.24) is 14.5 Å². The summed E-state index contributed by atoms with van der Waals surface area (Å²) in [5.41, 5.74) is 0.554. The number of likely N-dealkylation sites (tertiary alicyclic amines) is 1. The van der Waals surface area contributed by atoms with Crippen LogP contribution in [0.3, 0.4) is 0 Å². The lowest BCUT2D eigenvalue weighted by Crippen LogP contribution is -2.42. The number of nitrogens with zero attached hydrogens (tertiary/aromatic N) is 2. The van der Waals surface area contributed by atoms with Crippen LogP contribution in [0.15, 0.2) is 29.2 Å². The molecule has 0 aromatic heterocycles. The van der Waals surface area contributed by atoms with E-state index in [4.69, 9.17) is 0 Å². The first-order valence-corrected chi connectivity index (χ1v) is 11.0. The monoisotopic (exact) mass is 415 g/mol. The molecule has 2 heterocycles. The third-order valence-corrected chi connectivity index (χ3v) is 7.56. The minimum absolute atomic E-state index is 0. The molecule has 6 nitrogen and oxygen atoms in total. The van der Waals surface area contributed by atoms with Gasteiger partial charge in [0.25, 0.3) is 5.91 Å². The van der Waals surface area contributed by atoms with E-state index in [0.29, 0.717) is 12.1 Å². The van der Waals surface area contributed by atoms with Crippen LogP contribution in [0.2, 0.25) is 0 Å². The Labute approximate surface area is 168 Å². The second kappa shape index (κ2) is 9.37. The molecular formula is C19H30ClN3O3S. The summed E-state index contributed by atoms with van der Waals surface area (Å²) in [6, 6.07) is 6.70. The average molecular weight is 416 g/mol. The summed E-state index contributed by atoms with van der Waals surface area (Å²) in [7, 11) is -1.60. The fourth-order valence-corrected chi connectivity index (χ4v) is 5.75. The van der Waals surface area contributed by atoms with Crippen molar-refractivity contribution >= 4 is 28.3 Å². The van der Waals surface area contributed by atoms with E-state index < -0.39 is 10.0 Å². The molecule has 8 heteroatoms. The number of likely N-dealkylation sites (N-methyl/N-ethyl adjacent to an activating group) is 1. The van der Waals surface area contributed by atoms with Crippen molar-refractivity contribution in [1.29, 1.82) is 0 Å². The number of halogens is 1. The highest BCUT2D eigenvalue weighted by atomic mass is 35.5. The van der Waals surface area contributed by atoms with Gasteiger partial charge in [-0.3, -0.25) is 4.79 Å². The van der Waals surface area contributed by atoms with Crippen molar-refractivity contribution in [3.05, 3.63) is 29.8 Å². The molecule has 1 amide bonds.